The number of ether oxygens (including phenoxy) is 1. The molecule has 1 atom stereocenters. The van der Waals surface area contributed by atoms with Gasteiger partial charge in [-0.25, -0.2) is 0 Å². The molecule has 2 heterocycles. The Morgan fingerprint density at radius 2 is 2.00 bits per heavy atom. The Morgan fingerprint density at radius 3 is 2.48 bits per heavy atom. The number of nitrogens with one attached hydrogen (secondary N) is 1. The van der Waals surface area contributed by atoms with Gasteiger partial charge in [-0.05, 0) is 31.1 Å². The Balaban J connectivity index is 0.00000220. The van der Waals surface area contributed by atoms with Crippen LogP contribution in [0.3, 0.4) is 0 Å². The van der Waals surface area contributed by atoms with Crippen LogP contribution in [0.2, 0.25) is 0 Å². The molecule has 0 aromatic heterocycles. The summed E-state index contributed by atoms with van der Waals surface area (Å²) in [4.78, 5) is 6.92. The van der Waals surface area contributed by atoms with Gasteiger partial charge < -0.3 is 15.0 Å². The van der Waals surface area contributed by atoms with Crippen LogP contribution < -0.4 is 5.32 Å². The highest BCUT2D eigenvalue weighted by Gasteiger charge is 2.37. The molecule has 4 nitrogen and oxygen atoms in total. The first kappa shape index (κ1) is 19.0. The molecule has 0 spiro atoms. The van der Waals surface area contributed by atoms with Gasteiger partial charge in [0.15, 0.2) is 5.96 Å². The van der Waals surface area contributed by atoms with Gasteiger partial charge in [0.2, 0.25) is 0 Å². The zero-order valence-corrected chi connectivity index (χ0v) is 16.4. The van der Waals surface area contributed by atoms with Crippen molar-refractivity contribution in [3.05, 3.63) is 0 Å². The summed E-state index contributed by atoms with van der Waals surface area (Å²) < 4.78 is 5.53. The fourth-order valence-electron chi connectivity index (χ4n) is 3.42. The highest BCUT2D eigenvalue weighted by atomic mass is 127. The molecule has 2 aliphatic rings. The van der Waals surface area contributed by atoms with E-state index in [0.717, 1.165) is 45.2 Å². The minimum atomic E-state index is 0. The highest BCUT2D eigenvalue weighted by Crippen LogP contribution is 2.37. The number of rotatable bonds is 4. The van der Waals surface area contributed by atoms with E-state index in [-0.39, 0.29) is 29.4 Å². The molecular weight excluding hydrogens is 377 g/mol. The molecule has 2 fully saturated rings. The molecule has 2 rings (SSSR count). The van der Waals surface area contributed by atoms with Crippen molar-refractivity contribution in [3.8, 4) is 0 Å². The van der Waals surface area contributed by atoms with Crippen LogP contribution in [0.5, 0.6) is 0 Å². The molecule has 0 radical (unpaired) electrons. The van der Waals surface area contributed by atoms with Crippen molar-refractivity contribution in [1.29, 1.82) is 0 Å². The third-order valence-corrected chi connectivity index (χ3v) is 5.42. The molecule has 5 heteroatoms. The smallest absolute Gasteiger partial charge is 0.193 e. The third kappa shape index (κ3) is 4.47. The van der Waals surface area contributed by atoms with Crippen molar-refractivity contribution in [2.24, 2.45) is 15.8 Å². The van der Waals surface area contributed by atoms with Gasteiger partial charge >= 0.3 is 0 Å². The number of hydrogen-bond donors (Lipinski definition) is 1. The van der Waals surface area contributed by atoms with Crippen LogP contribution in [0.15, 0.2) is 4.99 Å². The first-order chi connectivity index (χ1) is 9.56. The SMILES string of the molecule is CCC1(CC)CCN(C(=NC)NCC2(C)CCOC2)C1.I. The average Bonchev–Trinajstić information content (AvgIpc) is 3.08. The lowest BCUT2D eigenvalue weighted by Crippen LogP contribution is -2.45. The van der Waals surface area contributed by atoms with Crippen LogP contribution in [-0.4, -0.2) is 50.8 Å². The van der Waals surface area contributed by atoms with Crippen molar-refractivity contribution in [3.63, 3.8) is 0 Å². The lowest BCUT2D eigenvalue weighted by atomic mass is 9.82. The molecule has 2 aliphatic heterocycles. The third-order valence-electron chi connectivity index (χ3n) is 5.42. The Labute approximate surface area is 147 Å². The van der Waals surface area contributed by atoms with E-state index in [1.165, 1.54) is 19.3 Å². The molecule has 0 aliphatic carbocycles. The maximum absolute atomic E-state index is 5.53. The fraction of sp³-hybridized carbons (Fsp3) is 0.938. The van der Waals surface area contributed by atoms with Crippen molar-refractivity contribution in [2.45, 2.75) is 46.5 Å². The normalized spacial score (nSPS) is 28.6. The van der Waals surface area contributed by atoms with Gasteiger partial charge in [0.1, 0.15) is 0 Å². The molecule has 1 unspecified atom stereocenters. The van der Waals surface area contributed by atoms with Crippen molar-refractivity contribution >= 4 is 29.9 Å². The lowest BCUT2D eigenvalue weighted by Gasteiger charge is -2.30. The molecule has 0 amide bonds. The van der Waals surface area contributed by atoms with Gasteiger partial charge in [-0.3, -0.25) is 4.99 Å². The average molecular weight is 409 g/mol. The zero-order chi connectivity index (χ0) is 14.6. The van der Waals surface area contributed by atoms with Gasteiger partial charge in [0, 0.05) is 38.7 Å². The molecule has 1 N–H and O–H groups in total. The molecule has 2 saturated heterocycles. The summed E-state index contributed by atoms with van der Waals surface area (Å²) in [5.41, 5.74) is 0.764. The van der Waals surface area contributed by atoms with E-state index in [4.69, 9.17) is 4.74 Å². The Hall–Kier alpha value is -0.0400. The lowest BCUT2D eigenvalue weighted by molar-refractivity contribution is 0.160. The van der Waals surface area contributed by atoms with Crippen LogP contribution in [0.1, 0.15) is 46.5 Å². The predicted octanol–water partition coefficient (Wildman–Crippen LogP) is 3.12. The summed E-state index contributed by atoms with van der Waals surface area (Å²) in [7, 11) is 1.90. The summed E-state index contributed by atoms with van der Waals surface area (Å²) in [5, 5.41) is 3.58. The number of hydrogen-bond acceptors (Lipinski definition) is 2. The number of halogens is 1. The van der Waals surface area contributed by atoms with Crippen molar-refractivity contribution < 1.29 is 4.74 Å². The second-order valence-corrected chi connectivity index (χ2v) is 6.89. The zero-order valence-electron chi connectivity index (χ0n) is 14.1. The van der Waals surface area contributed by atoms with Crippen LogP contribution in [0.25, 0.3) is 0 Å². The Bertz CT molecular complexity index is 349. The highest BCUT2D eigenvalue weighted by molar-refractivity contribution is 14.0. The van der Waals surface area contributed by atoms with Crippen molar-refractivity contribution in [1.82, 2.24) is 10.2 Å². The van der Waals surface area contributed by atoms with E-state index >= 15 is 0 Å². The van der Waals surface area contributed by atoms with Crippen LogP contribution in [0.4, 0.5) is 0 Å². The Morgan fingerprint density at radius 1 is 1.29 bits per heavy atom. The van der Waals surface area contributed by atoms with E-state index in [1.54, 1.807) is 0 Å². The fourth-order valence-corrected chi connectivity index (χ4v) is 3.42. The largest absolute Gasteiger partial charge is 0.381 e. The van der Waals surface area contributed by atoms with Gasteiger partial charge in [-0.2, -0.15) is 0 Å². The molecular formula is C16H32IN3O. The molecule has 0 saturated carbocycles. The molecule has 124 valence electrons. The molecule has 0 bridgehead atoms. The summed E-state index contributed by atoms with van der Waals surface area (Å²) in [5.74, 6) is 1.07. The van der Waals surface area contributed by atoms with Gasteiger partial charge in [-0.1, -0.05) is 20.8 Å². The van der Waals surface area contributed by atoms with Crippen LogP contribution in [-0.2, 0) is 4.74 Å². The quantitative estimate of drug-likeness (QED) is 0.441. The van der Waals surface area contributed by atoms with Gasteiger partial charge in [0.05, 0.1) is 6.61 Å². The second-order valence-electron chi connectivity index (χ2n) is 6.89. The van der Waals surface area contributed by atoms with Crippen LogP contribution >= 0.6 is 24.0 Å². The van der Waals surface area contributed by atoms with E-state index in [1.807, 2.05) is 7.05 Å². The van der Waals surface area contributed by atoms with E-state index in [9.17, 15) is 0 Å². The second kappa shape index (κ2) is 7.99. The summed E-state index contributed by atoms with van der Waals surface area (Å²) in [6, 6.07) is 0. The molecule has 21 heavy (non-hydrogen) atoms. The number of likely N-dealkylation sites (tertiary alicyclic amines) is 1. The minimum Gasteiger partial charge on any atom is -0.381 e. The maximum atomic E-state index is 5.53. The first-order valence-corrected chi connectivity index (χ1v) is 8.10. The number of aliphatic imine (C=N–C) groups is 1. The predicted molar refractivity (Wildman–Crippen MR) is 99.5 cm³/mol. The van der Waals surface area contributed by atoms with E-state index in [2.05, 4.69) is 36.0 Å². The number of guanidine groups is 1. The monoisotopic (exact) mass is 409 g/mol. The molecule has 0 aromatic rings. The topological polar surface area (TPSA) is 36.9 Å². The van der Waals surface area contributed by atoms with Gasteiger partial charge in [0.25, 0.3) is 0 Å². The summed E-state index contributed by atoms with van der Waals surface area (Å²) in [6.07, 6.45) is 4.97. The summed E-state index contributed by atoms with van der Waals surface area (Å²) >= 11 is 0. The Kier molecular flexibility index (Phi) is 7.24. The summed E-state index contributed by atoms with van der Waals surface area (Å²) in [6.45, 7) is 11.9. The first-order valence-electron chi connectivity index (χ1n) is 8.10. The van der Waals surface area contributed by atoms with Crippen molar-refractivity contribution in [2.75, 3.05) is 39.9 Å². The molecule has 0 aromatic carbocycles. The van der Waals surface area contributed by atoms with E-state index in [0.29, 0.717) is 5.41 Å². The van der Waals surface area contributed by atoms with E-state index < -0.39 is 0 Å². The minimum absolute atomic E-state index is 0. The standard InChI is InChI=1S/C16H31N3O.HI/c1-5-16(6-2)7-9-19(12-16)14(17-4)18-11-15(3)8-10-20-13-15;/h5-13H2,1-4H3,(H,17,18);1H. The van der Waals surface area contributed by atoms with Gasteiger partial charge in [-0.15, -0.1) is 24.0 Å². The number of nitrogens with zero attached hydrogens (tertiary/aromatic N) is 2. The van der Waals surface area contributed by atoms with Crippen LogP contribution in [0, 0.1) is 10.8 Å². The maximum Gasteiger partial charge on any atom is 0.193 e.